The van der Waals surface area contributed by atoms with Crippen LogP contribution in [-0.2, 0) is 16.1 Å². The van der Waals surface area contributed by atoms with Gasteiger partial charge in [-0.15, -0.1) is 0 Å². The molecule has 1 atom stereocenters. The number of ether oxygens (including phenoxy) is 3. The minimum Gasteiger partial charge on any atom is -0.494 e. The van der Waals surface area contributed by atoms with Gasteiger partial charge in [0.2, 0.25) is 0 Å². The van der Waals surface area contributed by atoms with Crippen LogP contribution < -0.4 is 24.4 Å². The average molecular weight is 856 g/mol. The number of hydrogen-bond acceptors (Lipinski definition) is 7. The minimum absolute atomic E-state index is 0.171. The van der Waals surface area contributed by atoms with Gasteiger partial charge in [0, 0.05) is 20.6 Å². The Morgan fingerprint density at radius 3 is 2.48 bits per heavy atom. The number of carbonyl (C=O) groups is 1. The summed E-state index contributed by atoms with van der Waals surface area (Å²) in [7, 11) is 0. The van der Waals surface area contributed by atoms with E-state index in [1.807, 2.05) is 104 Å². The van der Waals surface area contributed by atoms with Gasteiger partial charge in [-0.05, 0) is 90.0 Å². The summed E-state index contributed by atoms with van der Waals surface area (Å²) in [5.41, 5.74) is 3.56. The average Bonchev–Trinajstić information content (AvgIpc) is 3.38. The number of nitrogens with zero attached hydrogens (tertiary/aromatic N) is 2. The van der Waals surface area contributed by atoms with Crippen molar-refractivity contribution in [3.8, 4) is 11.5 Å². The van der Waals surface area contributed by atoms with Crippen LogP contribution in [0.25, 0.3) is 11.8 Å². The topological polar surface area (TPSA) is 79.1 Å². The molecule has 7 nitrogen and oxygen atoms in total. The molecule has 0 spiro atoms. The van der Waals surface area contributed by atoms with Crippen molar-refractivity contribution in [3.63, 3.8) is 0 Å². The Bertz CT molecular complexity index is 2200. The predicted molar refractivity (Wildman–Crippen MR) is 201 cm³/mol. The monoisotopic (exact) mass is 854 g/mol. The Balaban J connectivity index is 1.55. The number of thiazole rings is 1. The molecule has 244 valence electrons. The molecular weight excluding hydrogens is 827 g/mol. The molecule has 0 saturated heterocycles. The summed E-state index contributed by atoms with van der Waals surface area (Å²) in [5, 5.41) is 0.627. The Morgan fingerprint density at radius 1 is 1.00 bits per heavy atom. The van der Waals surface area contributed by atoms with Gasteiger partial charge in [-0.3, -0.25) is 9.36 Å². The van der Waals surface area contributed by atoms with Gasteiger partial charge in [-0.2, -0.15) is 0 Å². The Kier molecular flexibility index (Phi) is 10.8. The number of fused-ring (bicyclic) bond motifs is 1. The second kappa shape index (κ2) is 15.2. The highest BCUT2D eigenvalue weighted by Gasteiger charge is 2.35. The number of halogens is 3. The number of rotatable bonds is 10. The highest BCUT2D eigenvalue weighted by molar-refractivity contribution is 14.1. The molecule has 0 saturated carbocycles. The second-order valence-corrected chi connectivity index (χ2v) is 14.2. The van der Waals surface area contributed by atoms with E-state index in [9.17, 15) is 9.59 Å². The minimum atomic E-state index is -0.797. The number of carbonyl (C=O) groups excluding carboxylic acids is 1. The molecule has 6 rings (SSSR count). The molecule has 4 aromatic carbocycles. The SMILES string of the molecule is CCOC(=O)C1=C(c2ccccc2)N=c2s/c(=C\c3cc(Br)cc(I)c3OCc3cccc(Cl)c3)c(=O)n2[C@H]1c1ccc(OCC)cc1. The van der Waals surface area contributed by atoms with E-state index in [1.165, 1.54) is 11.3 Å². The summed E-state index contributed by atoms with van der Waals surface area (Å²) in [6, 6.07) is 27.5. The normalized spacial score (nSPS) is 14.4. The molecule has 0 amide bonds. The number of esters is 1. The van der Waals surface area contributed by atoms with E-state index < -0.39 is 12.0 Å². The highest BCUT2D eigenvalue weighted by atomic mass is 127. The predicted octanol–water partition coefficient (Wildman–Crippen LogP) is 7.93. The first-order valence-electron chi connectivity index (χ1n) is 15.1. The lowest BCUT2D eigenvalue weighted by Gasteiger charge is -2.26. The summed E-state index contributed by atoms with van der Waals surface area (Å²) < 4.78 is 21.3. The zero-order valence-corrected chi connectivity index (χ0v) is 31.2. The maximum atomic E-state index is 14.5. The lowest BCUT2D eigenvalue weighted by Crippen LogP contribution is -2.40. The van der Waals surface area contributed by atoms with Crippen LogP contribution in [0, 0.1) is 3.57 Å². The lowest BCUT2D eigenvalue weighted by atomic mass is 9.93. The van der Waals surface area contributed by atoms with E-state index in [4.69, 9.17) is 30.8 Å². The fourth-order valence-electron chi connectivity index (χ4n) is 5.43. The van der Waals surface area contributed by atoms with Crippen molar-refractivity contribution >= 4 is 79.2 Å². The van der Waals surface area contributed by atoms with Gasteiger partial charge in [0.1, 0.15) is 18.1 Å². The van der Waals surface area contributed by atoms with Gasteiger partial charge in [-0.25, -0.2) is 9.79 Å². The zero-order valence-electron chi connectivity index (χ0n) is 25.9. The van der Waals surface area contributed by atoms with E-state index >= 15 is 0 Å². The quantitative estimate of drug-likeness (QED) is 0.105. The van der Waals surface area contributed by atoms with Gasteiger partial charge in [0.05, 0.1) is 38.6 Å². The van der Waals surface area contributed by atoms with Crippen molar-refractivity contribution in [2.75, 3.05) is 13.2 Å². The smallest absolute Gasteiger partial charge is 0.338 e. The molecule has 5 aromatic rings. The maximum Gasteiger partial charge on any atom is 0.338 e. The molecular formula is C37H29BrClIN2O5S. The second-order valence-electron chi connectivity index (χ2n) is 10.7. The van der Waals surface area contributed by atoms with Gasteiger partial charge < -0.3 is 14.2 Å². The van der Waals surface area contributed by atoms with Crippen molar-refractivity contribution in [2.24, 2.45) is 4.99 Å². The summed E-state index contributed by atoms with van der Waals surface area (Å²) in [6.45, 7) is 4.65. The van der Waals surface area contributed by atoms with E-state index in [0.29, 0.717) is 50.3 Å². The number of aromatic nitrogens is 1. The van der Waals surface area contributed by atoms with Crippen LogP contribution in [0.4, 0.5) is 0 Å². The van der Waals surface area contributed by atoms with Gasteiger partial charge in [0.25, 0.3) is 5.56 Å². The largest absolute Gasteiger partial charge is 0.494 e. The molecule has 0 unspecified atom stereocenters. The third-order valence-electron chi connectivity index (χ3n) is 7.48. The molecule has 0 bridgehead atoms. The van der Waals surface area contributed by atoms with Crippen molar-refractivity contribution in [2.45, 2.75) is 26.5 Å². The van der Waals surface area contributed by atoms with Gasteiger partial charge in [0.15, 0.2) is 4.80 Å². The van der Waals surface area contributed by atoms with Crippen LogP contribution in [0.5, 0.6) is 11.5 Å². The molecule has 1 aliphatic rings. The van der Waals surface area contributed by atoms with E-state index in [2.05, 4.69) is 38.5 Å². The van der Waals surface area contributed by atoms with Gasteiger partial charge >= 0.3 is 5.97 Å². The van der Waals surface area contributed by atoms with E-state index in [-0.39, 0.29) is 17.7 Å². The Labute approximate surface area is 308 Å². The van der Waals surface area contributed by atoms with Crippen molar-refractivity contribution in [1.82, 2.24) is 4.57 Å². The summed E-state index contributed by atoms with van der Waals surface area (Å²) in [6.07, 6.45) is 1.82. The maximum absolute atomic E-state index is 14.5. The molecule has 0 aliphatic carbocycles. The van der Waals surface area contributed by atoms with Crippen LogP contribution in [0.15, 0.2) is 111 Å². The summed E-state index contributed by atoms with van der Waals surface area (Å²) >= 11 is 13.3. The molecule has 0 N–H and O–H groups in total. The third-order valence-corrected chi connectivity index (χ3v) is 9.95. The highest BCUT2D eigenvalue weighted by Crippen LogP contribution is 2.36. The zero-order chi connectivity index (χ0) is 33.8. The first kappa shape index (κ1) is 34.2. The summed E-state index contributed by atoms with van der Waals surface area (Å²) in [5.74, 6) is 0.782. The van der Waals surface area contributed by atoms with Gasteiger partial charge in [-0.1, -0.05) is 93.5 Å². The van der Waals surface area contributed by atoms with E-state index in [0.717, 1.165) is 24.7 Å². The summed E-state index contributed by atoms with van der Waals surface area (Å²) in [4.78, 5) is 33.6. The van der Waals surface area contributed by atoms with Crippen LogP contribution in [0.1, 0.15) is 42.1 Å². The Morgan fingerprint density at radius 2 is 1.77 bits per heavy atom. The molecule has 0 radical (unpaired) electrons. The lowest BCUT2D eigenvalue weighted by molar-refractivity contribution is -0.138. The first-order valence-corrected chi connectivity index (χ1v) is 18.2. The Hall–Kier alpha value is -3.71. The number of hydrogen-bond donors (Lipinski definition) is 0. The van der Waals surface area contributed by atoms with Crippen molar-refractivity contribution < 1.29 is 19.0 Å². The van der Waals surface area contributed by atoms with Crippen molar-refractivity contribution in [3.05, 3.63) is 152 Å². The molecule has 48 heavy (non-hydrogen) atoms. The van der Waals surface area contributed by atoms with Crippen LogP contribution in [-0.4, -0.2) is 23.8 Å². The van der Waals surface area contributed by atoms with Crippen molar-refractivity contribution in [1.29, 1.82) is 0 Å². The number of benzene rings is 4. The molecule has 11 heteroatoms. The molecule has 1 aromatic heterocycles. The first-order chi connectivity index (χ1) is 23.3. The molecule has 2 heterocycles. The fraction of sp³-hybridized carbons (Fsp3) is 0.162. The van der Waals surface area contributed by atoms with E-state index in [1.54, 1.807) is 11.5 Å². The fourth-order valence-corrected chi connectivity index (χ4v) is 8.34. The van der Waals surface area contributed by atoms with Crippen LogP contribution >= 0.6 is 61.5 Å². The van der Waals surface area contributed by atoms with Crippen LogP contribution in [0.2, 0.25) is 5.02 Å². The standard InChI is InChI=1S/C37H29BrClIN2O5S/c1-3-45-28-15-13-24(14-16-28)33-31(36(44)46-4-2)32(23-10-6-5-7-11-23)41-37-42(33)35(43)30(48-37)19-25-18-26(38)20-29(40)34(25)47-21-22-9-8-12-27(39)17-22/h5-20,33H,3-4,21H2,1-2H3/b30-19-/t33-/m0/s1. The molecule has 1 aliphatic heterocycles. The van der Waals surface area contributed by atoms with Crippen LogP contribution in [0.3, 0.4) is 0 Å². The molecule has 0 fully saturated rings. The third kappa shape index (κ3) is 7.31.